The summed E-state index contributed by atoms with van der Waals surface area (Å²) in [6, 6.07) is 15.8. The highest BCUT2D eigenvalue weighted by Gasteiger charge is 2.06. The number of hydrogen-bond donors (Lipinski definition) is 3. The fourth-order valence-corrected chi connectivity index (χ4v) is 2.51. The zero-order chi connectivity index (χ0) is 19.5. The molecule has 3 N–H and O–H groups in total. The Labute approximate surface area is 184 Å². The van der Waals surface area contributed by atoms with Gasteiger partial charge in [-0.1, -0.05) is 42.5 Å². The van der Waals surface area contributed by atoms with Crippen LogP contribution in [0.15, 0.2) is 53.5 Å². The predicted molar refractivity (Wildman–Crippen MR) is 124 cm³/mol. The van der Waals surface area contributed by atoms with Crippen LogP contribution in [0.5, 0.6) is 5.75 Å². The lowest BCUT2D eigenvalue weighted by Gasteiger charge is -2.12. The Balaban J connectivity index is 0.00000392. The Morgan fingerprint density at radius 2 is 1.82 bits per heavy atom. The number of ether oxygens (including phenoxy) is 1. The summed E-state index contributed by atoms with van der Waals surface area (Å²) in [6.45, 7) is 5.85. The van der Waals surface area contributed by atoms with Gasteiger partial charge in [0.2, 0.25) is 5.91 Å². The average Bonchev–Trinajstić information content (AvgIpc) is 2.69. The Morgan fingerprint density at radius 1 is 1.07 bits per heavy atom. The number of methoxy groups -OCH3 is 1. The number of aliphatic imine (C=N–C) groups is 1. The second-order valence-corrected chi connectivity index (χ2v) is 6.13. The molecule has 0 saturated heterocycles. The summed E-state index contributed by atoms with van der Waals surface area (Å²) < 4.78 is 5.42. The van der Waals surface area contributed by atoms with Crippen LogP contribution < -0.4 is 20.7 Å². The first kappa shape index (κ1) is 23.7. The molecule has 0 heterocycles. The minimum absolute atomic E-state index is 0. The molecule has 0 aliphatic heterocycles. The highest BCUT2D eigenvalue weighted by Crippen LogP contribution is 2.20. The third-order valence-corrected chi connectivity index (χ3v) is 3.94. The second kappa shape index (κ2) is 13.0. The number of nitrogens with zero attached hydrogens (tertiary/aromatic N) is 1. The second-order valence-electron chi connectivity index (χ2n) is 6.13. The maximum Gasteiger partial charge on any atom is 0.239 e. The number of benzene rings is 2. The van der Waals surface area contributed by atoms with Crippen molar-refractivity contribution in [3.63, 3.8) is 0 Å². The Hall–Kier alpha value is -2.29. The van der Waals surface area contributed by atoms with E-state index in [4.69, 9.17) is 4.74 Å². The smallest absolute Gasteiger partial charge is 0.239 e. The molecular weight excluding hydrogens is 467 g/mol. The van der Waals surface area contributed by atoms with Gasteiger partial charge in [-0.05, 0) is 31.0 Å². The molecule has 0 radical (unpaired) electrons. The van der Waals surface area contributed by atoms with Gasteiger partial charge in [-0.25, -0.2) is 4.99 Å². The lowest BCUT2D eigenvalue weighted by Crippen LogP contribution is -2.43. The van der Waals surface area contributed by atoms with Gasteiger partial charge in [-0.15, -0.1) is 24.0 Å². The minimum atomic E-state index is -0.0858. The van der Waals surface area contributed by atoms with Gasteiger partial charge in [0.05, 0.1) is 20.2 Å². The molecule has 28 heavy (non-hydrogen) atoms. The number of guanidine groups is 1. The molecule has 0 saturated carbocycles. The molecule has 2 aromatic rings. The first-order chi connectivity index (χ1) is 13.1. The lowest BCUT2D eigenvalue weighted by atomic mass is 10.1. The van der Waals surface area contributed by atoms with E-state index in [1.807, 2.05) is 62.4 Å². The van der Waals surface area contributed by atoms with Crippen LogP contribution in [0.3, 0.4) is 0 Å². The van der Waals surface area contributed by atoms with Crippen LogP contribution in [0.4, 0.5) is 0 Å². The van der Waals surface area contributed by atoms with Crippen molar-refractivity contribution in [2.75, 3.05) is 20.2 Å². The van der Waals surface area contributed by atoms with Gasteiger partial charge in [0.15, 0.2) is 5.96 Å². The molecule has 0 atom stereocenters. The molecule has 152 valence electrons. The van der Waals surface area contributed by atoms with Crippen LogP contribution in [0, 0.1) is 6.92 Å². The molecule has 6 nitrogen and oxygen atoms in total. The molecule has 1 amide bonds. The molecule has 2 aromatic carbocycles. The van der Waals surface area contributed by atoms with E-state index in [2.05, 4.69) is 20.9 Å². The monoisotopic (exact) mass is 496 g/mol. The van der Waals surface area contributed by atoms with E-state index in [0.717, 1.165) is 22.4 Å². The summed E-state index contributed by atoms with van der Waals surface area (Å²) in [6.07, 6.45) is 0. The Kier molecular flexibility index (Phi) is 11.0. The van der Waals surface area contributed by atoms with Crippen LogP contribution in [0.25, 0.3) is 0 Å². The van der Waals surface area contributed by atoms with Crippen molar-refractivity contribution in [2.24, 2.45) is 4.99 Å². The molecule has 0 aromatic heterocycles. The standard InChI is InChI=1S/C21H28N4O2.HI/c1-4-22-21(24-14-18-11-10-16(2)12-19(18)27-3)25-15-20(26)23-13-17-8-6-5-7-9-17;/h5-12H,4,13-15H2,1-3H3,(H,23,26)(H2,22,24,25);1H. The summed E-state index contributed by atoms with van der Waals surface area (Å²) in [4.78, 5) is 16.6. The van der Waals surface area contributed by atoms with Crippen molar-refractivity contribution >= 4 is 35.8 Å². The van der Waals surface area contributed by atoms with Crippen molar-refractivity contribution < 1.29 is 9.53 Å². The van der Waals surface area contributed by atoms with Crippen LogP contribution in [-0.4, -0.2) is 32.1 Å². The molecule has 0 aliphatic carbocycles. The van der Waals surface area contributed by atoms with Gasteiger partial charge in [0, 0.05) is 18.7 Å². The van der Waals surface area contributed by atoms with Gasteiger partial charge in [-0.2, -0.15) is 0 Å². The highest BCUT2D eigenvalue weighted by molar-refractivity contribution is 14.0. The Morgan fingerprint density at radius 3 is 2.50 bits per heavy atom. The van der Waals surface area contributed by atoms with Gasteiger partial charge < -0.3 is 20.7 Å². The molecule has 0 aliphatic rings. The third-order valence-electron chi connectivity index (χ3n) is 3.94. The van der Waals surface area contributed by atoms with Crippen LogP contribution >= 0.6 is 24.0 Å². The normalized spacial score (nSPS) is 10.6. The van der Waals surface area contributed by atoms with Gasteiger partial charge in [0.25, 0.3) is 0 Å². The van der Waals surface area contributed by atoms with Crippen LogP contribution in [0.1, 0.15) is 23.6 Å². The molecule has 0 bridgehead atoms. The summed E-state index contributed by atoms with van der Waals surface area (Å²) in [5, 5.41) is 9.10. The van der Waals surface area contributed by atoms with E-state index in [-0.39, 0.29) is 36.4 Å². The number of halogens is 1. The van der Waals surface area contributed by atoms with E-state index < -0.39 is 0 Å². The minimum Gasteiger partial charge on any atom is -0.496 e. The number of carbonyl (C=O) groups is 1. The van der Waals surface area contributed by atoms with Crippen molar-refractivity contribution in [1.29, 1.82) is 0 Å². The van der Waals surface area contributed by atoms with Crippen LogP contribution in [-0.2, 0) is 17.9 Å². The number of aryl methyl sites for hydroxylation is 1. The van der Waals surface area contributed by atoms with Gasteiger partial charge >= 0.3 is 0 Å². The topological polar surface area (TPSA) is 74.8 Å². The molecule has 2 rings (SSSR count). The zero-order valence-electron chi connectivity index (χ0n) is 16.6. The van der Waals surface area contributed by atoms with Crippen molar-refractivity contribution in [1.82, 2.24) is 16.0 Å². The molecule has 7 heteroatoms. The SMILES string of the molecule is CCNC(=NCc1ccc(C)cc1OC)NCC(=O)NCc1ccccc1.I. The number of nitrogens with one attached hydrogen (secondary N) is 3. The summed E-state index contributed by atoms with van der Waals surface area (Å²) in [5.74, 6) is 1.32. The van der Waals surface area contributed by atoms with Crippen molar-refractivity contribution in [2.45, 2.75) is 26.9 Å². The number of amides is 1. The largest absolute Gasteiger partial charge is 0.496 e. The predicted octanol–water partition coefficient (Wildman–Crippen LogP) is 2.99. The highest BCUT2D eigenvalue weighted by atomic mass is 127. The fraction of sp³-hybridized carbons (Fsp3) is 0.333. The van der Waals surface area contributed by atoms with Gasteiger partial charge in [0.1, 0.15) is 5.75 Å². The Bertz CT molecular complexity index is 766. The van der Waals surface area contributed by atoms with Gasteiger partial charge in [-0.3, -0.25) is 4.79 Å². The quantitative estimate of drug-likeness (QED) is 0.299. The van der Waals surface area contributed by atoms with Crippen molar-refractivity contribution in [3.05, 3.63) is 65.2 Å². The molecular formula is C21H29IN4O2. The average molecular weight is 496 g/mol. The molecule has 0 spiro atoms. The first-order valence-electron chi connectivity index (χ1n) is 9.08. The fourth-order valence-electron chi connectivity index (χ4n) is 2.51. The lowest BCUT2D eigenvalue weighted by molar-refractivity contribution is -0.120. The maximum atomic E-state index is 12.1. The number of hydrogen-bond acceptors (Lipinski definition) is 3. The summed E-state index contributed by atoms with van der Waals surface area (Å²) in [7, 11) is 1.66. The maximum absolute atomic E-state index is 12.1. The first-order valence-corrected chi connectivity index (χ1v) is 9.08. The third kappa shape index (κ3) is 8.16. The van der Waals surface area contributed by atoms with E-state index in [0.29, 0.717) is 25.6 Å². The number of carbonyl (C=O) groups excluding carboxylic acids is 1. The number of rotatable bonds is 8. The zero-order valence-corrected chi connectivity index (χ0v) is 18.9. The van der Waals surface area contributed by atoms with E-state index in [9.17, 15) is 4.79 Å². The van der Waals surface area contributed by atoms with E-state index in [1.165, 1.54) is 0 Å². The summed E-state index contributed by atoms with van der Waals surface area (Å²) in [5.41, 5.74) is 3.20. The molecule has 0 unspecified atom stereocenters. The van der Waals surface area contributed by atoms with Crippen molar-refractivity contribution in [3.8, 4) is 5.75 Å². The van der Waals surface area contributed by atoms with E-state index >= 15 is 0 Å². The van der Waals surface area contributed by atoms with Crippen LogP contribution in [0.2, 0.25) is 0 Å². The molecule has 0 fully saturated rings. The summed E-state index contributed by atoms with van der Waals surface area (Å²) >= 11 is 0. The van der Waals surface area contributed by atoms with E-state index in [1.54, 1.807) is 7.11 Å².